The van der Waals surface area contributed by atoms with Crippen LogP contribution in [-0.2, 0) is 6.61 Å². The summed E-state index contributed by atoms with van der Waals surface area (Å²) < 4.78 is 5.65. The summed E-state index contributed by atoms with van der Waals surface area (Å²) >= 11 is 0. The van der Waals surface area contributed by atoms with E-state index in [0.717, 1.165) is 11.1 Å². The Hall–Kier alpha value is -2.40. The number of nitro benzene ring substituents is 1. The molecule has 2 rings (SSSR count). The fourth-order valence-electron chi connectivity index (χ4n) is 1.83. The van der Waals surface area contributed by atoms with Crippen molar-refractivity contribution in [3.05, 3.63) is 69.8 Å². The van der Waals surface area contributed by atoms with Gasteiger partial charge < -0.3 is 9.84 Å². The van der Waals surface area contributed by atoms with Crippen LogP contribution in [-0.4, -0.2) is 10.0 Å². The number of aliphatic hydroxyl groups is 1. The third kappa shape index (κ3) is 3.33. The third-order valence-electron chi connectivity index (χ3n) is 2.91. The first kappa shape index (κ1) is 14.0. The van der Waals surface area contributed by atoms with E-state index < -0.39 is 11.0 Å². The van der Waals surface area contributed by atoms with Gasteiger partial charge in [0.25, 0.3) is 5.69 Å². The van der Waals surface area contributed by atoms with Crippen molar-refractivity contribution in [2.45, 2.75) is 19.6 Å². The molecular weight excluding hydrogens is 258 g/mol. The molecule has 0 aromatic heterocycles. The molecule has 1 N–H and O–H groups in total. The highest BCUT2D eigenvalue weighted by Gasteiger charge is 2.09. The number of aliphatic hydroxyl groups excluding tert-OH is 1. The van der Waals surface area contributed by atoms with Crippen molar-refractivity contribution in [1.82, 2.24) is 0 Å². The number of hydrogen-bond acceptors (Lipinski definition) is 4. The van der Waals surface area contributed by atoms with E-state index in [0.29, 0.717) is 12.4 Å². The summed E-state index contributed by atoms with van der Waals surface area (Å²) in [5.74, 6) is 0.612. The number of benzene rings is 2. The van der Waals surface area contributed by atoms with Gasteiger partial charge in [0.05, 0.1) is 11.0 Å². The highest BCUT2D eigenvalue weighted by Crippen LogP contribution is 2.25. The zero-order chi connectivity index (χ0) is 14.5. The normalized spacial score (nSPS) is 11.9. The van der Waals surface area contributed by atoms with E-state index in [1.807, 2.05) is 12.1 Å². The van der Waals surface area contributed by atoms with E-state index in [2.05, 4.69) is 0 Å². The van der Waals surface area contributed by atoms with Gasteiger partial charge in [-0.2, -0.15) is 0 Å². The molecule has 5 nitrogen and oxygen atoms in total. The first-order valence-corrected chi connectivity index (χ1v) is 6.21. The van der Waals surface area contributed by atoms with Crippen LogP contribution in [0.5, 0.6) is 5.75 Å². The molecule has 1 unspecified atom stereocenters. The Kier molecular flexibility index (Phi) is 4.32. The molecule has 0 saturated heterocycles. The molecule has 0 amide bonds. The fraction of sp³-hybridized carbons (Fsp3) is 0.200. The van der Waals surface area contributed by atoms with Gasteiger partial charge in [-0.3, -0.25) is 10.1 Å². The number of nitro groups is 1. The summed E-state index contributed by atoms with van der Waals surface area (Å²) in [4.78, 5) is 10.1. The molecule has 1 atom stereocenters. The second-order valence-electron chi connectivity index (χ2n) is 4.43. The molecular formula is C15H15NO4. The van der Waals surface area contributed by atoms with Gasteiger partial charge in [-0.15, -0.1) is 0 Å². The lowest BCUT2D eigenvalue weighted by Crippen LogP contribution is -2.01. The first-order chi connectivity index (χ1) is 9.58. The zero-order valence-corrected chi connectivity index (χ0v) is 11.0. The average Bonchev–Trinajstić information content (AvgIpc) is 2.45. The molecule has 0 saturated carbocycles. The molecule has 20 heavy (non-hydrogen) atoms. The summed E-state index contributed by atoms with van der Waals surface area (Å²) in [6.07, 6.45) is -0.608. The molecule has 0 aliphatic carbocycles. The summed E-state index contributed by atoms with van der Waals surface area (Å²) in [5, 5.41) is 20.2. The van der Waals surface area contributed by atoms with Gasteiger partial charge in [-0.1, -0.05) is 18.2 Å². The van der Waals surface area contributed by atoms with E-state index in [4.69, 9.17) is 4.74 Å². The average molecular weight is 273 g/mol. The Morgan fingerprint density at radius 2 is 1.85 bits per heavy atom. The molecule has 0 radical (unpaired) electrons. The fourth-order valence-corrected chi connectivity index (χ4v) is 1.83. The van der Waals surface area contributed by atoms with E-state index in [-0.39, 0.29) is 5.69 Å². The lowest BCUT2D eigenvalue weighted by atomic mass is 10.1. The van der Waals surface area contributed by atoms with Crippen molar-refractivity contribution in [2.75, 3.05) is 0 Å². The van der Waals surface area contributed by atoms with Crippen molar-refractivity contribution in [1.29, 1.82) is 0 Å². The van der Waals surface area contributed by atoms with Crippen LogP contribution in [0.3, 0.4) is 0 Å². The van der Waals surface area contributed by atoms with Crippen molar-refractivity contribution in [3.63, 3.8) is 0 Å². The minimum absolute atomic E-state index is 0.0538. The predicted molar refractivity (Wildman–Crippen MR) is 74.5 cm³/mol. The molecule has 0 heterocycles. The van der Waals surface area contributed by atoms with Crippen molar-refractivity contribution < 1.29 is 14.8 Å². The van der Waals surface area contributed by atoms with Crippen molar-refractivity contribution >= 4 is 5.69 Å². The van der Waals surface area contributed by atoms with Gasteiger partial charge in [0.15, 0.2) is 0 Å². The maximum absolute atomic E-state index is 10.6. The minimum Gasteiger partial charge on any atom is -0.489 e. The predicted octanol–water partition coefficient (Wildman–Crippen LogP) is 3.23. The Labute approximate surface area is 116 Å². The van der Waals surface area contributed by atoms with Gasteiger partial charge in [-0.05, 0) is 30.7 Å². The molecule has 0 fully saturated rings. The van der Waals surface area contributed by atoms with Gasteiger partial charge in [-0.25, -0.2) is 0 Å². The van der Waals surface area contributed by atoms with Crippen LogP contribution < -0.4 is 4.74 Å². The highest BCUT2D eigenvalue weighted by atomic mass is 16.6. The second kappa shape index (κ2) is 6.16. The number of para-hydroxylation sites is 1. The van der Waals surface area contributed by atoms with Crippen LogP contribution in [0.2, 0.25) is 0 Å². The Morgan fingerprint density at radius 3 is 2.45 bits per heavy atom. The van der Waals surface area contributed by atoms with E-state index in [9.17, 15) is 15.2 Å². The molecule has 0 bridgehead atoms. The SMILES string of the molecule is CC(O)c1ccccc1OCc1ccc([N+](=O)[O-])cc1. The molecule has 5 heteroatoms. The van der Waals surface area contributed by atoms with Gasteiger partial charge in [0.1, 0.15) is 12.4 Å². The standard InChI is InChI=1S/C15H15NO4/c1-11(17)14-4-2-3-5-15(14)20-10-12-6-8-13(9-7-12)16(18)19/h2-9,11,17H,10H2,1H3. The molecule has 2 aromatic rings. The van der Waals surface area contributed by atoms with Crippen LogP contribution in [0.25, 0.3) is 0 Å². The van der Waals surface area contributed by atoms with Gasteiger partial charge >= 0.3 is 0 Å². The van der Waals surface area contributed by atoms with Crippen LogP contribution in [0, 0.1) is 10.1 Å². The molecule has 2 aromatic carbocycles. The maximum Gasteiger partial charge on any atom is 0.269 e. The molecule has 0 aliphatic heterocycles. The van der Waals surface area contributed by atoms with Crippen molar-refractivity contribution in [3.8, 4) is 5.75 Å². The van der Waals surface area contributed by atoms with Crippen LogP contribution in [0.15, 0.2) is 48.5 Å². The quantitative estimate of drug-likeness (QED) is 0.670. The van der Waals surface area contributed by atoms with Gasteiger partial charge in [0.2, 0.25) is 0 Å². The van der Waals surface area contributed by atoms with Crippen LogP contribution >= 0.6 is 0 Å². The highest BCUT2D eigenvalue weighted by molar-refractivity contribution is 5.36. The number of ether oxygens (including phenoxy) is 1. The number of hydrogen-bond donors (Lipinski definition) is 1. The largest absolute Gasteiger partial charge is 0.489 e. The topological polar surface area (TPSA) is 72.6 Å². The summed E-state index contributed by atoms with van der Waals surface area (Å²) in [6, 6.07) is 13.5. The van der Waals surface area contributed by atoms with Crippen molar-refractivity contribution in [2.24, 2.45) is 0 Å². The lowest BCUT2D eigenvalue weighted by Gasteiger charge is -2.13. The minimum atomic E-state index is -0.608. The molecule has 104 valence electrons. The van der Waals surface area contributed by atoms with Gasteiger partial charge in [0, 0.05) is 17.7 Å². The molecule has 0 aliphatic rings. The number of non-ortho nitro benzene ring substituents is 1. The summed E-state index contributed by atoms with van der Waals surface area (Å²) in [5.41, 5.74) is 1.60. The monoisotopic (exact) mass is 273 g/mol. The van der Waals surface area contributed by atoms with E-state index >= 15 is 0 Å². The summed E-state index contributed by atoms with van der Waals surface area (Å²) in [6.45, 7) is 1.97. The Morgan fingerprint density at radius 1 is 1.20 bits per heavy atom. The maximum atomic E-state index is 10.6. The first-order valence-electron chi connectivity index (χ1n) is 6.21. The van der Waals surface area contributed by atoms with Crippen LogP contribution in [0.4, 0.5) is 5.69 Å². The van der Waals surface area contributed by atoms with E-state index in [1.54, 1.807) is 31.2 Å². The zero-order valence-electron chi connectivity index (χ0n) is 11.0. The Balaban J connectivity index is 2.07. The lowest BCUT2D eigenvalue weighted by molar-refractivity contribution is -0.384. The molecule has 0 spiro atoms. The third-order valence-corrected chi connectivity index (χ3v) is 2.91. The number of nitrogens with zero attached hydrogens (tertiary/aromatic N) is 1. The number of rotatable bonds is 5. The summed E-state index contributed by atoms with van der Waals surface area (Å²) in [7, 11) is 0. The smallest absolute Gasteiger partial charge is 0.269 e. The van der Waals surface area contributed by atoms with Crippen LogP contribution in [0.1, 0.15) is 24.2 Å². The second-order valence-corrected chi connectivity index (χ2v) is 4.43. The Bertz CT molecular complexity index is 593. The van der Waals surface area contributed by atoms with E-state index in [1.165, 1.54) is 12.1 Å².